The minimum absolute atomic E-state index is 0.00741. The maximum Gasteiger partial charge on any atom is 0.305 e. The number of nitrogens with zero attached hydrogens (tertiary/aromatic N) is 1. The normalized spacial score (nSPS) is 55.0. The summed E-state index contributed by atoms with van der Waals surface area (Å²) in [5.74, 6) is 2.41. The number of carbonyl (C=O) groups is 1. The molecule has 2 saturated carbocycles. The molecule has 0 amide bonds. The van der Waals surface area contributed by atoms with Gasteiger partial charge in [0, 0.05) is 19.0 Å². The van der Waals surface area contributed by atoms with E-state index in [2.05, 4.69) is 25.7 Å². The summed E-state index contributed by atoms with van der Waals surface area (Å²) in [5.41, 5.74) is 0.416. The maximum atomic E-state index is 12.2. The average molecular weight is 376 g/mol. The molecule has 0 aromatic rings. The molecule has 1 N–H and O–H groups in total. The molecule has 1 spiro atoms. The molecule has 27 heavy (non-hydrogen) atoms. The first-order chi connectivity index (χ1) is 12.8. The summed E-state index contributed by atoms with van der Waals surface area (Å²) in [4.78, 5) is 15.0. The SMILES string of the molecule is COC(=O)CC[C@]12[C@@H]3[C@@H](C(C)C)CC[C@@]1(C)[C@@H]1C[C@H](O)[C@@]4(CCC[C@H]42)N3C1. The van der Waals surface area contributed by atoms with Crippen molar-refractivity contribution < 1.29 is 14.6 Å². The smallest absolute Gasteiger partial charge is 0.305 e. The Hall–Kier alpha value is -0.610. The minimum atomic E-state index is -0.181. The molecule has 5 fully saturated rings. The summed E-state index contributed by atoms with van der Waals surface area (Å²) in [6, 6.07) is 0.539. The van der Waals surface area contributed by atoms with Crippen LogP contribution in [0.25, 0.3) is 0 Å². The van der Waals surface area contributed by atoms with E-state index in [1.807, 2.05) is 0 Å². The quantitative estimate of drug-likeness (QED) is 0.763. The average Bonchev–Trinajstić information content (AvgIpc) is 3.13. The number of methoxy groups -OCH3 is 1. The van der Waals surface area contributed by atoms with Crippen molar-refractivity contribution in [3.8, 4) is 0 Å². The van der Waals surface area contributed by atoms with Crippen molar-refractivity contribution in [2.24, 2.45) is 34.5 Å². The van der Waals surface area contributed by atoms with Gasteiger partial charge >= 0.3 is 5.97 Å². The van der Waals surface area contributed by atoms with Crippen molar-refractivity contribution in [2.45, 2.75) is 89.8 Å². The number of aliphatic hydroxyl groups excluding tert-OH is 1. The van der Waals surface area contributed by atoms with E-state index < -0.39 is 0 Å². The molecule has 3 aliphatic heterocycles. The second-order valence-corrected chi connectivity index (χ2v) is 11.0. The second kappa shape index (κ2) is 5.72. The predicted octanol–water partition coefficient (Wildman–Crippen LogP) is 3.62. The lowest BCUT2D eigenvalue weighted by Crippen LogP contribution is -2.70. The van der Waals surface area contributed by atoms with Gasteiger partial charge in [-0.05, 0) is 73.0 Å². The molecule has 1 unspecified atom stereocenters. The summed E-state index contributed by atoms with van der Waals surface area (Å²) in [6.45, 7) is 8.50. The minimum Gasteiger partial charge on any atom is -0.469 e. The van der Waals surface area contributed by atoms with Crippen LogP contribution in [-0.2, 0) is 9.53 Å². The third kappa shape index (κ3) is 1.91. The number of rotatable bonds is 4. The molecule has 3 heterocycles. The van der Waals surface area contributed by atoms with Crippen molar-refractivity contribution in [3.63, 3.8) is 0 Å². The Balaban J connectivity index is 1.69. The first kappa shape index (κ1) is 18.4. The highest BCUT2D eigenvalue weighted by Gasteiger charge is 2.81. The van der Waals surface area contributed by atoms with E-state index in [0.717, 1.165) is 19.3 Å². The Morgan fingerprint density at radius 3 is 2.78 bits per heavy atom. The van der Waals surface area contributed by atoms with Gasteiger partial charge in [0.2, 0.25) is 0 Å². The Bertz CT molecular complexity index is 650. The zero-order chi connectivity index (χ0) is 19.2. The molecular weight excluding hydrogens is 338 g/mol. The number of ether oxygens (including phenoxy) is 1. The van der Waals surface area contributed by atoms with Gasteiger partial charge in [0.25, 0.3) is 0 Å². The molecule has 3 saturated heterocycles. The number of fused-ring (bicyclic) bond motifs is 2. The van der Waals surface area contributed by atoms with Crippen LogP contribution in [-0.4, -0.2) is 47.3 Å². The van der Waals surface area contributed by atoms with Crippen molar-refractivity contribution in [3.05, 3.63) is 0 Å². The van der Waals surface area contributed by atoms with Crippen molar-refractivity contribution >= 4 is 5.97 Å². The topological polar surface area (TPSA) is 49.8 Å². The van der Waals surface area contributed by atoms with E-state index in [1.165, 1.54) is 39.3 Å². The van der Waals surface area contributed by atoms with Crippen LogP contribution >= 0.6 is 0 Å². The summed E-state index contributed by atoms with van der Waals surface area (Å²) in [5, 5.41) is 11.4. The number of carbonyl (C=O) groups excluding carboxylic acids is 1. The van der Waals surface area contributed by atoms with Crippen LogP contribution in [0, 0.1) is 34.5 Å². The Morgan fingerprint density at radius 1 is 1.30 bits per heavy atom. The fraction of sp³-hybridized carbons (Fsp3) is 0.957. The number of aliphatic hydroxyl groups is 1. The first-order valence-electron chi connectivity index (χ1n) is 11.3. The fourth-order valence-electron chi connectivity index (χ4n) is 9.43. The van der Waals surface area contributed by atoms with Gasteiger partial charge in [0.1, 0.15) is 0 Å². The number of hydrogen-bond acceptors (Lipinski definition) is 4. The van der Waals surface area contributed by atoms with Gasteiger partial charge in [-0.2, -0.15) is 0 Å². The van der Waals surface area contributed by atoms with E-state index >= 15 is 0 Å². The van der Waals surface area contributed by atoms with Gasteiger partial charge in [-0.25, -0.2) is 0 Å². The molecule has 5 aliphatic rings. The molecule has 5 bridgehead atoms. The lowest BCUT2D eigenvalue weighted by Gasteiger charge is -2.67. The Kier molecular flexibility index (Phi) is 3.90. The number of hydrogen-bond donors (Lipinski definition) is 1. The summed E-state index contributed by atoms with van der Waals surface area (Å²) in [7, 11) is 1.52. The number of piperidine rings is 2. The summed E-state index contributed by atoms with van der Waals surface area (Å²) < 4.78 is 5.07. The molecule has 0 radical (unpaired) electrons. The zero-order valence-electron chi connectivity index (χ0n) is 17.5. The first-order valence-corrected chi connectivity index (χ1v) is 11.3. The molecule has 152 valence electrons. The van der Waals surface area contributed by atoms with Crippen LogP contribution in [0.4, 0.5) is 0 Å². The van der Waals surface area contributed by atoms with Crippen LogP contribution in [0.15, 0.2) is 0 Å². The van der Waals surface area contributed by atoms with Crippen molar-refractivity contribution in [1.29, 1.82) is 0 Å². The molecule has 4 nitrogen and oxygen atoms in total. The Labute approximate surface area is 164 Å². The van der Waals surface area contributed by atoms with E-state index in [-0.39, 0.29) is 28.4 Å². The van der Waals surface area contributed by atoms with E-state index in [4.69, 9.17) is 4.74 Å². The highest BCUT2D eigenvalue weighted by Crippen LogP contribution is 2.79. The fourth-order valence-corrected chi connectivity index (χ4v) is 9.43. The lowest BCUT2D eigenvalue weighted by molar-refractivity contribution is -0.198. The van der Waals surface area contributed by atoms with Gasteiger partial charge in [0.15, 0.2) is 0 Å². The van der Waals surface area contributed by atoms with Gasteiger partial charge in [-0.1, -0.05) is 27.2 Å². The molecule has 0 aromatic carbocycles. The van der Waals surface area contributed by atoms with E-state index in [9.17, 15) is 9.90 Å². The third-order valence-electron chi connectivity index (χ3n) is 10.4. The summed E-state index contributed by atoms with van der Waals surface area (Å²) >= 11 is 0. The lowest BCUT2D eigenvalue weighted by atomic mass is 9.42. The van der Waals surface area contributed by atoms with E-state index in [1.54, 1.807) is 0 Å². The highest BCUT2D eigenvalue weighted by molar-refractivity contribution is 5.69. The molecule has 9 atom stereocenters. The number of esters is 1. The second-order valence-electron chi connectivity index (χ2n) is 11.0. The van der Waals surface area contributed by atoms with Crippen LogP contribution in [0.3, 0.4) is 0 Å². The van der Waals surface area contributed by atoms with Gasteiger partial charge in [-0.3, -0.25) is 9.69 Å². The van der Waals surface area contributed by atoms with Gasteiger partial charge in [-0.15, -0.1) is 0 Å². The Morgan fingerprint density at radius 2 is 2.07 bits per heavy atom. The maximum absolute atomic E-state index is 12.2. The van der Waals surface area contributed by atoms with Crippen LogP contribution in [0.2, 0.25) is 0 Å². The van der Waals surface area contributed by atoms with Crippen LogP contribution in [0.1, 0.15) is 72.1 Å². The molecular formula is C23H37NO3. The molecule has 4 heteroatoms. The van der Waals surface area contributed by atoms with Crippen LogP contribution < -0.4 is 0 Å². The predicted molar refractivity (Wildman–Crippen MR) is 104 cm³/mol. The molecule has 0 aromatic heterocycles. The largest absolute Gasteiger partial charge is 0.469 e. The highest BCUT2D eigenvalue weighted by atomic mass is 16.5. The monoisotopic (exact) mass is 375 g/mol. The van der Waals surface area contributed by atoms with Gasteiger partial charge < -0.3 is 9.84 Å². The summed E-state index contributed by atoms with van der Waals surface area (Å²) in [6.07, 6.45) is 8.49. The molecule has 5 rings (SSSR count). The zero-order valence-corrected chi connectivity index (χ0v) is 17.5. The van der Waals surface area contributed by atoms with Crippen molar-refractivity contribution in [1.82, 2.24) is 4.90 Å². The molecule has 2 aliphatic carbocycles. The standard InChI is InChI=1S/C23H37NO3/c1-14(2)16-7-10-21(3)15-12-18(25)23-9-5-6-17(23)22(21,11-8-19(26)27-4)20(16)24(23)13-15/h14-18,20,25H,5-13H2,1-4H3/t15-,16-,17+,18+,20+,21+,22+,23+/m1/s1. The third-order valence-corrected chi connectivity index (χ3v) is 10.4. The van der Waals surface area contributed by atoms with Gasteiger partial charge in [0.05, 0.1) is 18.8 Å². The van der Waals surface area contributed by atoms with Crippen molar-refractivity contribution in [2.75, 3.05) is 13.7 Å². The van der Waals surface area contributed by atoms with Crippen LogP contribution in [0.5, 0.6) is 0 Å². The van der Waals surface area contributed by atoms with E-state index in [0.29, 0.717) is 36.1 Å².